The lowest BCUT2D eigenvalue weighted by Crippen LogP contribution is -2.37. The molecule has 150 valence electrons. The van der Waals surface area contributed by atoms with E-state index in [2.05, 4.69) is 15.6 Å². The van der Waals surface area contributed by atoms with Gasteiger partial charge in [0.05, 0.1) is 17.3 Å². The first-order valence-corrected chi connectivity index (χ1v) is 11.5. The molecule has 1 fully saturated rings. The van der Waals surface area contributed by atoms with Crippen LogP contribution in [0, 0.1) is 0 Å². The third-order valence-corrected chi connectivity index (χ3v) is 6.86. The standard InChI is InChI=1S/C17H26N4O4S2/c1-2-8-18-15(22)12-19-16(23)13-26-17-7-6-14(11-20-17)27(24,25)21-9-4-3-5-10-21/h6-7,11H,2-5,8-10,12-13H2,1H3,(H,18,22)(H,19,23). The summed E-state index contributed by atoms with van der Waals surface area (Å²) in [5, 5.41) is 5.77. The molecule has 1 aromatic heterocycles. The van der Waals surface area contributed by atoms with Gasteiger partial charge in [0.15, 0.2) is 0 Å². The predicted octanol–water partition coefficient (Wildman–Crippen LogP) is 0.991. The highest BCUT2D eigenvalue weighted by atomic mass is 32.2. The maximum atomic E-state index is 12.6. The molecule has 10 heteroatoms. The molecule has 2 rings (SSSR count). The largest absolute Gasteiger partial charge is 0.355 e. The van der Waals surface area contributed by atoms with Crippen molar-refractivity contribution in [3.8, 4) is 0 Å². The Hall–Kier alpha value is -1.65. The quantitative estimate of drug-likeness (QED) is 0.584. The normalized spacial score (nSPS) is 15.3. The number of rotatable bonds is 9. The molecular formula is C17H26N4O4S2. The lowest BCUT2D eigenvalue weighted by Gasteiger charge is -2.25. The van der Waals surface area contributed by atoms with Gasteiger partial charge in [-0.3, -0.25) is 9.59 Å². The molecular weight excluding hydrogens is 388 g/mol. The summed E-state index contributed by atoms with van der Waals surface area (Å²) in [7, 11) is -3.50. The Labute approximate surface area is 164 Å². The minimum atomic E-state index is -3.50. The number of thioether (sulfide) groups is 1. The molecule has 0 atom stereocenters. The predicted molar refractivity (Wildman–Crippen MR) is 104 cm³/mol. The Balaban J connectivity index is 1.81. The highest BCUT2D eigenvalue weighted by Gasteiger charge is 2.26. The monoisotopic (exact) mass is 414 g/mol. The topological polar surface area (TPSA) is 108 Å². The number of carbonyl (C=O) groups is 2. The molecule has 0 unspecified atom stereocenters. The van der Waals surface area contributed by atoms with Crippen molar-refractivity contribution in [1.82, 2.24) is 19.9 Å². The van der Waals surface area contributed by atoms with E-state index >= 15 is 0 Å². The number of sulfonamides is 1. The Morgan fingerprint density at radius 3 is 2.52 bits per heavy atom. The van der Waals surface area contributed by atoms with Crippen LogP contribution in [0.25, 0.3) is 0 Å². The molecule has 0 radical (unpaired) electrons. The molecule has 0 aliphatic carbocycles. The zero-order valence-corrected chi connectivity index (χ0v) is 17.1. The van der Waals surface area contributed by atoms with Crippen molar-refractivity contribution in [3.05, 3.63) is 18.3 Å². The third-order valence-electron chi connectivity index (χ3n) is 4.03. The number of piperidine rings is 1. The van der Waals surface area contributed by atoms with E-state index in [0.29, 0.717) is 24.7 Å². The number of carbonyl (C=O) groups excluding carboxylic acids is 2. The van der Waals surface area contributed by atoms with Crippen LogP contribution in [0.5, 0.6) is 0 Å². The van der Waals surface area contributed by atoms with Gasteiger partial charge >= 0.3 is 0 Å². The molecule has 1 aromatic rings. The second-order valence-electron chi connectivity index (χ2n) is 6.21. The number of hydrogen-bond acceptors (Lipinski definition) is 6. The van der Waals surface area contributed by atoms with Gasteiger partial charge in [-0.25, -0.2) is 13.4 Å². The van der Waals surface area contributed by atoms with Crippen LogP contribution >= 0.6 is 11.8 Å². The van der Waals surface area contributed by atoms with E-state index in [4.69, 9.17) is 0 Å². The van der Waals surface area contributed by atoms with E-state index in [-0.39, 0.29) is 29.0 Å². The molecule has 0 spiro atoms. The Bertz CT molecular complexity index is 732. The summed E-state index contributed by atoms with van der Waals surface area (Å²) >= 11 is 1.19. The van der Waals surface area contributed by atoms with Crippen LogP contribution in [0.4, 0.5) is 0 Å². The van der Waals surface area contributed by atoms with Crippen molar-refractivity contribution in [3.63, 3.8) is 0 Å². The van der Waals surface area contributed by atoms with Crippen LogP contribution in [0.2, 0.25) is 0 Å². The number of pyridine rings is 1. The molecule has 1 saturated heterocycles. The van der Waals surface area contributed by atoms with Crippen LogP contribution < -0.4 is 10.6 Å². The Kier molecular flexibility index (Phi) is 8.52. The zero-order chi connectivity index (χ0) is 19.7. The van der Waals surface area contributed by atoms with E-state index in [1.54, 1.807) is 6.07 Å². The zero-order valence-electron chi connectivity index (χ0n) is 15.4. The van der Waals surface area contributed by atoms with Gasteiger partial charge in [0.25, 0.3) is 0 Å². The van der Waals surface area contributed by atoms with E-state index < -0.39 is 10.0 Å². The second kappa shape index (κ2) is 10.6. The average Bonchev–Trinajstić information content (AvgIpc) is 2.70. The highest BCUT2D eigenvalue weighted by Crippen LogP contribution is 2.22. The minimum absolute atomic E-state index is 0.0557. The summed E-state index contributed by atoms with van der Waals surface area (Å²) in [5.41, 5.74) is 0. The van der Waals surface area contributed by atoms with Crippen molar-refractivity contribution in [2.75, 3.05) is 31.9 Å². The second-order valence-corrected chi connectivity index (χ2v) is 9.15. The van der Waals surface area contributed by atoms with E-state index in [0.717, 1.165) is 25.7 Å². The molecule has 8 nitrogen and oxygen atoms in total. The highest BCUT2D eigenvalue weighted by molar-refractivity contribution is 7.99. The van der Waals surface area contributed by atoms with Crippen molar-refractivity contribution in [2.45, 2.75) is 42.5 Å². The molecule has 0 aromatic carbocycles. The fourth-order valence-corrected chi connectivity index (χ4v) is 4.69. The summed E-state index contributed by atoms with van der Waals surface area (Å²) in [6, 6.07) is 3.12. The summed E-state index contributed by atoms with van der Waals surface area (Å²) in [6.07, 6.45) is 4.99. The first-order chi connectivity index (χ1) is 12.9. The number of amides is 2. The van der Waals surface area contributed by atoms with Crippen molar-refractivity contribution < 1.29 is 18.0 Å². The summed E-state index contributed by atoms with van der Waals surface area (Å²) in [6.45, 7) is 3.57. The van der Waals surface area contributed by atoms with Gasteiger partial charge in [0, 0.05) is 25.8 Å². The molecule has 2 N–H and O–H groups in total. The van der Waals surface area contributed by atoms with E-state index in [1.165, 1.54) is 28.3 Å². The maximum Gasteiger partial charge on any atom is 0.244 e. The fourth-order valence-electron chi connectivity index (χ4n) is 2.56. The minimum Gasteiger partial charge on any atom is -0.355 e. The van der Waals surface area contributed by atoms with Gasteiger partial charge in [-0.2, -0.15) is 4.31 Å². The summed E-state index contributed by atoms with van der Waals surface area (Å²) in [5.74, 6) is -0.397. The first kappa shape index (κ1) is 21.6. The Morgan fingerprint density at radius 1 is 1.15 bits per heavy atom. The molecule has 27 heavy (non-hydrogen) atoms. The smallest absolute Gasteiger partial charge is 0.244 e. The number of nitrogens with zero attached hydrogens (tertiary/aromatic N) is 2. The Morgan fingerprint density at radius 2 is 1.89 bits per heavy atom. The van der Waals surface area contributed by atoms with Crippen molar-refractivity contribution in [2.24, 2.45) is 0 Å². The van der Waals surface area contributed by atoms with Crippen LogP contribution in [-0.4, -0.2) is 61.5 Å². The fraction of sp³-hybridized carbons (Fsp3) is 0.588. The molecule has 1 aliphatic rings. The van der Waals surface area contributed by atoms with Gasteiger partial charge in [-0.05, 0) is 31.4 Å². The maximum absolute atomic E-state index is 12.6. The summed E-state index contributed by atoms with van der Waals surface area (Å²) < 4.78 is 26.6. The van der Waals surface area contributed by atoms with Crippen molar-refractivity contribution >= 4 is 33.6 Å². The van der Waals surface area contributed by atoms with E-state index in [1.807, 2.05) is 6.92 Å². The SMILES string of the molecule is CCCNC(=O)CNC(=O)CSc1ccc(S(=O)(=O)N2CCCCC2)cn1. The van der Waals surface area contributed by atoms with E-state index in [9.17, 15) is 18.0 Å². The molecule has 0 saturated carbocycles. The lowest BCUT2D eigenvalue weighted by atomic mass is 10.2. The number of nitrogens with one attached hydrogen (secondary N) is 2. The van der Waals surface area contributed by atoms with Gasteiger partial charge in [-0.15, -0.1) is 0 Å². The van der Waals surface area contributed by atoms with Crippen LogP contribution in [0.3, 0.4) is 0 Å². The van der Waals surface area contributed by atoms with Crippen LogP contribution in [-0.2, 0) is 19.6 Å². The van der Waals surface area contributed by atoms with Gasteiger partial charge < -0.3 is 10.6 Å². The molecule has 0 bridgehead atoms. The summed E-state index contributed by atoms with van der Waals surface area (Å²) in [4.78, 5) is 27.5. The number of hydrogen-bond donors (Lipinski definition) is 2. The van der Waals surface area contributed by atoms with Gasteiger partial charge in [-0.1, -0.05) is 25.1 Å². The average molecular weight is 415 g/mol. The van der Waals surface area contributed by atoms with Crippen LogP contribution in [0.1, 0.15) is 32.6 Å². The van der Waals surface area contributed by atoms with Gasteiger partial charge in [0.2, 0.25) is 21.8 Å². The molecule has 2 heterocycles. The van der Waals surface area contributed by atoms with Crippen LogP contribution in [0.15, 0.2) is 28.3 Å². The molecule has 1 aliphatic heterocycles. The van der Waals surface area contributed by atoms with Gasteiger partial charge in [0.1, 0.15) is 4.90 Å². The van der Waals surface area contributed by atoms with Crippen molar-refractivity contribution in [1.29, 1.82) is 0 Å². The molecule has 2 amide bonds. The number of aromatic nitrogens is 1. The first-order valence-electron chi connectivity index (χ1n) is 9.06. The third kappa shape index (κ3) is 6.78. The lowest BCUT2D eigenvalue weighted by molar-refractivity contribution is -0.124.